The van der Waals surface area contributed by atoms with Gasteiger partial charge in [0.1, 0.15) is 11.4 Å². The number of H-pyrrole nitrogens is 1. The Labute approximate surface area is 165 Å². The van der Waals surface area contributed by atoms with Crippen molar-refractivity contribution >= 4 is 34.2 Å². The molecule has 4 rings (SSSR count). The number of aliphatic hydroxyl groups excluding tert-OH is 1. The summed E-state index contributed by atoms with van der Waals surface area (Å²) in [5.74, 6) is -1.93. The molecule has 1 aliphatic heterocycles. The lowest BCUT2D eigenvalue weighted by atomic mass is 9.99. The van der Waals surface area contributed by atoms with Crippen molar-refractivity contribution in [1.82, 2.24) is 9.88 Å². The van der Waals surface area contributed by atoms with Gasteiger partial charge in [-0.25, -0.2) is 9.18 Å². The molecule has 1 aromatic carbocycles. The number of carbonyl (C=O) groups is 1. The maximum Gasteiger partial charge on any atom is 0.341 e. The number of β-amino-alcohol motifs (C(OH)–C–C–N with tert-alkyl or cyclic N) is 1. The SMILES string of the molecule is O=C(O)c1c[nH]c2c(C3(Cl)CC3)c(N3CCN(CCO)CC3)c(F)cc2c1=O. The van der Waals surface area contributed by atoms with Gasteiger partial charge in [-0.05, 0) is 18.9 Å². The summed E-state index contributed by atoms with van der Waals surface area (Å²) in [5, 5.41) is 18.3. The number of anilines is 1. The van der Waals surface area contributed by atoms with Gasteiger partial charge in [0.25, 0.3) is 0 Å². The van der Waals surface area contributed by atoms with Crippen molar-refractivity contribution in [3.63, 3.8) is 0 Å². The summed E-state index contributed by atoms with van der Waals surface area (Å²) in [6.45, 7) is 3.15. The number of hydrogen-bond donors (Lipinski definition) is 3. The molecule has 1 aliphatic carbocycles. The van der Waals surface area contributed by atoms with Crippen LogP contribution in [-0.2, 0) is 4.87 Å². The van der Waals surface area contributed by atoms with Crippen molar-refractivity contribution in [3.05, 3.63) is 39.4 Å². The number of carboxylic acids is 1. The Morgan fingerprint density at radius 1 is 1.29 bits per heavy atom. The number of piperazine rings is 1. The highest BCUT2D eigenvalue weighted by atomic mass is 35.5. The molecule has 1 aromatic heterocycles. The van der Waals surface area contributed by atoms with E-state index in [1.807, 2.05) is 4.90 Å². The number of benzene rings is 1. The van der Waals surface area contributed by atoms with Gasteiger partial charge in [-0.1, -0.05) is 0 Å². The Kier molecular flexibility index (Phi) is 4.81. The minimum atomic E-state index is -1.36. The molecule has 2 aliphatic rings. The van der Waals surface area contributed by atoms with E-state index >= 15 is 4.39 Å². The molecule has 0 radical (unpaired) electrons. The van der Waals surface area contributed by atoms with E-state index in [0.717, 1.165) is 12.3 Å². The first-order valence-corrected chi connectivity index (χ1v) is 9.62. The molecule has 2 fully saturated rings. The Hall–Kier alpha value is -2.16. The highest BCUT2D eigenvalue weighted by molar-refractivity contribution is 6.27. The number of aliphatic hydroxyl groups is 1. The number of rotatable bonds is 5. The summed E-state index contributed by atoms with van der Waals surface area (Å²) < 4.78 is 15.2. The van der Waals surface area contributed by atoms with Crippen LogP contribution in [0.5, 0.6) is 0 Å². The zero-order valence-corrected chi connectivity index (χ0v) is 15.9. The van der Waals surface area contributed by atoms with Gasteiger partial charge in [-0.15, -0.1) is 11.6 Å². The number of aromatic nitrogens is 1. The van der Waals surface area contributed by atoms with Crippen LogP contribution in [0.2, 0.25) is 0 Å². The van der Waals surface area contributed by atoms with Crippen molar-refractivity contribution < 1.29 is 19.4 Å². The summed E-state index contributed by atoms with van der Waals surface area (Å²) in [6, 6.07) is 1.11. The van der Waals surface area contributed by atoms with Crippen LogP contribution in [0.1, 0.15) is 28.8 Å². The molecule has 28 heavy (non-hydrogen) atoms. The van der Waals surface area contributed by atoms with Crippen molar-refractivity contribution in [2.45, 2.75) is 17.7 Å². The number of aromatic amines is 1. The highest BCUT2D eigenvalue weighted by Crippen LogP contribution is 2.56. The third-order valence-corrected chi connectivity index (χ3v) is 6.14. The van der Waals surface area contributed by atoms with E-state index in [1.165, 1.54) is 0 Å². The lowest BCUT2D eigenvalue weighted by Gasteiger charge is -2.37. The van der Waals surface area contributed by atoms with Crippen LogP contribution in [0.4, 0.5) is 10.1 Å². The number of nitrogens with one attached hydrogen (secondary N) is 1. The normalized spacial score (nSPS) is 19.2. The van der Waals surface area contributed by atoms with E-state index in [9.17, 15) is 14.7 Å². The molecule has 1 saturated carbocycles. The number of hydrogen-bond acceptors (Lipinski definition) is 5. The largest absolute Gasteiger partial charge is 0.477 e. The standard InChI is InChI=1S/C19H21ClFN3O4/c20-19(1-2-19)14-15-11(17(26)12(10-22-15)18(27)28)9-13(21)16(14)24-5-3-23(4-6-24)7-8-25/h9-10,25H,1-8H2,(H,22,26)(H,27,28). The zero-order chi connectivity index (χ0) is 20.1. The van der Waals surface area contributed by atoms with Gasteiger partial charge in [-0.2, -0.15) is 0 Å². The van der Waals surface area contributed by atoms with E-state index in [-0.39, 0.29) is 12.0 Å². The third kappa shape index (κ3) is 3.15. The second-order valence-electron chi connectivity index (χ2n) is 7.36. The Balaban J connectivity index is 1.86. The topological polar surface area (TPSA) is 96.9 Å². The summed E-state index contributed by atoms with van der Waals surface area (Å²) >= 11 is 6.70. The maximum absolute atomic E-state index is 15.2. The van der Waals surface area contributed by atoms with Crippen molar-refractivity contribution in [2.24, 2.45) is 0 Å². The van der Waals surface area contributed by atoms with Crippen LogP contribution in [0.15, 0.2) is 17.1 Å². The quantitative estimate of drug-likeness (QED) is 0.650. The van der Waals surface area contributed by atoms with Gasteiger partial charge in [0.05, 0.1) is 22.7 Å². The summed E-state index contributed by atoms with van der Waals surface area (Å²) in [4.78, 5) is 30.0. The second kappa shape index (κ2) is 7.02. The fourth-order valence-electron chi connectivity index (χ4n) is 3.92. The third-order valence-electron chi connectivity index (χ3n) is 5.58. The molecule has 9 heteroatoms. The molecule has 0 amide bonds. The van der Waals surface area contributed by atoms with Crippen LogP contribution in [0.3, 0.4) is 0 Å². The molecule has 0 unspecified atom stereocenters. The number of halogens is 2. The number of nitrogens with zero attached hydrogens (tertiary/aromatic N) is 2. The first-order valence-electron chi connectivity index (χ1n) is 9.24. The van der Waals surface area contributed by atoms with Crippen molar-refractivity contribution in [2.75, 3.05) is 44.2 Å². The first kappa shape index (κ1) is 19.2. The average molecular weight is 410 g/mol. The Bertz CT molecular complexity index is 997. The van der Waals surface area contributed by atoms with Gasteiger partial charge in [-0.3, -0.25) is 9.69 Å². The van der Waals surface area contributed by atoms with Gasteiger partial charge >= 0.3 is 5.97 Å². The fraction of sp³-hybridized carbons (Fsp3) is 0.474. The number of aromatic carboxylic acids is 1. The monoisotopic (exact) mass is 409 g/mol. The fourth-order valence-corrected chi connectivity index (χ4v) is 4.20. The van der Waals surface area contributed by atoms with Crippen LogP contribution in [0, 0.1) is 5.82 Å². The van der Waals surface area contributed by atoms with E-state index in [1.54, 1.807) is 0 Å². The lowest BCUT2D eigenvalue weighted by Crippen LogP contribution is -2.48. The molecular weight excluding hydrogens is 389 g/mol. The van der Waals surface area contributed by atoms with Crippen molar-refractivity contribution in [3.8, 4) is 0 Å². The number of carboxylic acid groups (broad SMARTS) is 1. The van der Waals surface area contributed by atoms with E-state index in [0.29, 0.717) is 62.3 Å². The summed E-state index contributed by atoms with van der Waals surface area (Å²) in [6.07, 6.45) is 2.47. The minimum Gasteiger partial charge on any atom is -0.477 e. The summed E-state index contributed by atoms with van der Waals surface area (Å²) in [5.41, 5.74) is 0.164. The van der Waals surface area contributed by atoms with E-state index in [2.05, 4.69) is 9.88 Å². The Morgan fingerprint density at radius 3 is 2.54 bits per heavy atom. The molecule has 2 heterocycles. The van der Waals surface area contributed by atoms with Crippen molar-refractivity contribution in [1.29, 1.82) is 0 Å². The van der Waals surface area contributed by atoms with Gasteiger partial charge in [0, 0.05) is 49.9 Å². The number of pyridine rings is 1. The molecule has 1 saturated heterocycles. The maximum atomic E-state index is 15.2. The molecule has 150 valence electrons. The molecular formula is C19H21ClFN3O4. The zero-order valence-electron chi connectivity index (χ0n) is 15.2. The van der Waals surface area contributed by atoms with Gasteiger partial charge in [0.15, 0.2) is 0 Å². The number of fused-ring (bicyclic) bond motifs is 1. The predicted octanol–water partition coefficient (Wildman–Crippen LogP) is 1.71. The van der Waals surface area contributed by atoms with E-state index in [4.69, 9.17) is 16.7 Å². The first-order chi connectivity index (χ1) is 13.4. The minimum absolute atomic E-state index is 0.00184. The average Bonchev–Trinajstić information content (AvgIpc) is 3.41. The van der Waals surface area contributed by atoms with Crippen LogP contribution in [0.25, 0.3) is 10.9 Å². The van der Waals surface area contributed by atoms with Gasteiger partial charge in [0.2, 0.25) is 5.43 Å². The predicted molar refractivity (Wildman–Crippen MR) is 104 cm³/mol. The van der Waals surface area contributed by atoms with E-state index < -0.39 is 27.7 Å². The molecule has 0 spiro atoms. The highest BCUT2D eigenvalue weighted by Gasteiger charge is 2.47. The van der Waals surface area contributed by atoms with Crippen LogP contribution >= 0.6 is 11.6 Å². The van der Waals surface area contributed by atoms with Gasteiger partial charge < -0.3 is 20.1 Å². The van der Waals surface area contributed by atoms with Crippen LogP contribution < -0.4 is 10.3 Å². The molecule has 3 N–H and O–H groups in total. The molecule has 0 atom stereocenters. The Morgan fingerprint density at radius 2 is 1.96 bits per heavy atom. The molecule has 0 bridgehead atoms. The number of alkyl halides is 1. The second-order valence-corrected chi connectivity index (χ2v) is 8.08. The van der Waals surface area contributed by atoms with Crippen LogP contribution in [-0.4, -0.2) is 65.4 Å². The molecule has 7 nitrogen and oxygen atoms in total. The lowest BCUT2D eigenvalue weighted by molar-refractivity contribution is 0.0695. The summed E-state index contributed by atoms with van der Waals surface area (Å²) in [7, 11) is 0. The smallest absolute Gasteiger partial charge is 0.341 e. The molecule has 2 aromatic rings.